The largest absolute Gasteiger partial charge is 0.377 e. The Bertz CT molecular complexity index is 1160. The second-order valence-corrected chi connectivity index (χ2v) is 18.7. The van der Waals surface area contributed by atoms with E-state index in [-0.39, 0.29) is 24.2 Å². The van der Waals surface area contributed by atoms with Crippen molar-refractivity contribution in [3.8, 4) is 0 Å². The number of ether oxygens (including phenoxy) is 2. The van der Waals surface area contributed by atoms with E-state index in [1.165, 1.54) is 6.26 Å². The predicted octanol–water partition coefficient (Wildman–Crippen LogP) is 3.73. The van der Waals surface area contributed by atoms with Crippen LogP contribution >= 0.6 is 0 Å². The van der Waals surface area contributed by atoms with Crippen molar-refractivity contribution in [1.82, 2.24) is 14.8 Å². The van der Waals surface area contributed by atoms with E-state index < -0.39 is 28.5 Å². The maximum absolute atomic E-state index is 15.9. The van der Waals surface area contributed by atoms with Crippen molar-refractivity contribution >= 4 is 35.4 Å². The lowest BCUT2D eigenvalue weighted by Crippen LogP contribution is -2.44. The van der Waals surface area contributed by atoms with Crippen molar-refractivity contribution in [2.24, 2.45) is 0 Å². The Morgan fingerprint density at radius 3 is 2.71 bits per heavy atom. The first-order valence-corrected chi connectivity index (χ1v) is 17.6. The second kappa shape index (κ2) is 9.79. The molecule has 2 aliphatic rings. The minimum absolute atomic E-state index is 0.0186. The molecular weight excluding hydrogens is 489 g/mol. The van der Waals surface area contributed by atoms with Crippen molar-refractivity contribution in [3.05, 3.63) is 29.7 Å². The molecule has 3 heterocycles. The topological polar surface area (TPSA) is 98.6 Å². The molecule has 0 radical (unpaired) electrons. The molecule has 12 heteroatoms. The fourth-order valence-electron chi connectivity index (χ4n) is 4.29. The normalized spacial score (nSPS) is 20.2. The van der Waals surface area contributed by atoms with E-state index in [9.17, 15) is 8.42 Å². The average molecular weight is 526 g/mol. The van der Waals surface area contributed by atoms with Gasteiger partial charge in [-0.3, -0.25) is 0 Å². The van der Waals surface area contributed by atoms with Gasteiger partial charge in [-0.2, -0.15) is 5.10 Å². The maximum Gasteiger partial charge on any atom is 0.170 e. The van der Waals surface area contributed by atoms with E-state index in [4.69, 9.17) is 9.47 Å². The van der Waals surface area contributed by atoms with Crippen LogP contribution in [0.1, 0.15) is 25.3 Å². The molecule has 1 atom stereocenters. The smallest absolute Gasteiger partial charge is 0.170 e. The third-order valence-electron chi connectivity index (χ3n) is 6.68. The summed E-state index contributed by atoms with van der Waals surface area (Å²) in [6, 6.07) is 4.38. The van der Waals surface area contributed by atoms with E-state index in [0.717, 1.165) is 6.04 Å². The molecular formula is C23H36FN5O4SSi. The van der Waals surface area contributed by atoms with Crippen LogP contribution < -0.4 is 10.2 Å². The number of morpholine rings is 1. The van der Waals surface area contributed by atoms with E-state index in [0.29, 0.717) is 50.8 Å². The molecule has 0 amide bonds. The highest BCUT2D eigenvalue weighted by molar-refractivity contribution is 7.92. The summed E-state index contributed by atoms with van der Waals surface area (Å²) in [6.07, 6.45) is 3.58. The van der Waals surface area contributed by atoms with Gasteiger partial charge in [0.05, 0.1) is 25.5 Å². The number of halogens is 1. The van der Waals surface area contributed by atoms with Gasteiger partial charge >= 0.3 is 0 Å². The third kappa shape index (κ3) is 5.70. The summed E-state index contributed by atoms with van der Waals surface area (Å²) in [5.41, 5.74) is 0.170. The molecule has 0 aromatic carbocycles. The quantitative estimate of drug-likeness (QED) is 0.370. The van der Waals surface area contributed by atoms with Gasteiger partial charge in [-0.1, -0.05) is 19.6 Å². The third-order valence-corrected chi connectivity index (χ3v) is 10.4. The summed E-state index contributed by atoms with van der Waals surface area (Å²) < 4.78 is 52.9. The number of pyridine rings is 1. The standard InChI is InChI=1S/C23H36FN5O4SSi/c1-17-15-32-11-10-28(17)20-14-18(23(7-8-23)34(2,30)31)21(24)22(27-20)26-19-6-9-25-29(19)16-33-12-13-35(3,4)5/h6,9,14,17H,7-8,10-13,15-16H2,1-5H3,(H,26,27). The second-order valence-electron chi connectivity index (χ2n) is 10.8. The maximum atomic E-state index is 15.9. The molecule has 2 aromatic rings. The van der Waals surface area contributed by atoms with Crippen LogP contribution in [0, 0.1) is 5.82 Å². The number of hydrogen-bond donors (Lipinski definition) is 1. The van der Waals surface area contributed by atoms with Crippen LogP contribution in [0.3, 0.4) is 0 Å². The number of aromatic nitrogens is 3. The van der Waals surface area contributed by atoms with Crippen LogP contribution in [0.15, 0.2) is 18.3 Å². The lowest BCUT2D eigenvalue weighted by Gasteiger charge is -2.35. The van der Waals surface area contributed by atoms with Gasteiger partial charge in [-0.15, -0.1) is 0 Å². The van der Waals surface area contributed by atoms with Crippen LogP contribution in [0.5, 0.6) is 0 Å². The summed E-state index contributed by atoms with van der Waals surface area (Å²) in [5.74, 6) is 0.388. The van der Waals surface area contributed by atoms with E-state index in [2.05, 4.69) is 35.0 Å². The molecule has 1 unspecified atom stereocenters. The first-order chi connectivity index (χ1) is 16.4. The summed E-state index contributed by atoms with van der Waals surface area (Å²) in [5, 5.41) is 7.34. The van der Waals surface area contributed by atoms with Crippen molar-refractivity contribution in [1.29, 1.82) is 0 Å². The molecule has 1 aliphatic heterocycles. The molecule has 2 aromatic heterocycles. The Kier molecular flexibility index (Phi) is 7.29. The first-order valence-electron chi connectivity index (χ1n) is 12.0. The van der Waals surface area contributed by atoms with E-state index in [1.807, 2.05) is 11.8 Å². The van der Waals surface area contributed by atoms with Crippen LogP contribution in [0.25, 0.3) is 0 Å². The van der Waals surface area contributed by atoms with Crippen molar-refractivity contribution < 1.29 is 22.3 Å². The van der Waals surface area contributed by atoms with E-state index in [1.54, 1.807) is 23.0 Å². The van der Waals surface area contributed by atoms with Crippen molar-refractivity contribution in [2.45, 2.75) is 63.0 Å². The van der Waals surface area contributed by atoms with Gasteiger partial charge in [0, 0.05) is 39.1 Å². The molecule has 35 heavy (non-hydrogen) atoms. The zero-order chi connectivity index (χ0) is 25.4. The molecule has 0 bridgehead atoms. The minimum Gasteiger partial charge on any atom is -0.377 e. The van der Waals surface area contributed by atoms with Gasteiger partial charge in [-0.05, 0) is 31.9 Å². The fourth-order valence-corrected chi connectivity index (χ4v) is 6.44. The van der Waals surface area contributed by atoms with Gasteiger partial charge < -0.3 is 19.7 Å². The molecule has 1 saturated carbocycles. The monoisotopic (exact) mass is 525 g/mol. The van der Waals surface area contributed by atoms with Crippen LogP contribution in [-0.2, 0) is 30.8 Å². The average Bonchev–Trinajstić information content (AvgIpc) is 3.48. The highest BCUT2D eigenvalue weighted by atomic mass is 32.2. The van der Waals surface area contributed by atoms with E-state index >= 15 is 4.39 Å². The zero-order valence-electron chi connectivity index (χ0n) is 21.2. The zero-order valence-corrected chi connectivity index (χ0v) is 23.0. The molecule has 0 spiro atoms. The Morgan fingerprint density at radius 2 is 2.09 bits per heavy atom. The highest BCUT2D eigenvalue weighted by Crippen LogP contribution is 2.54. The molecule has 1 saturated heterocycles. The molecule has 1 N–H and O–H groups in total. The summed E-state index contributed by atoms with van der Waals surface area (Å²) in [7, 11) is -4.73. The molecule has 9 nitrogen and oxygen atoms in total. The van der Waals surface area contributed by atoms with Gasteiger partial charge in [-0.25, -0.2) is 22.5 Å². The fraction of sp³-hybridized carbons (Fsp3) is 0.652. The Morgan fingerprint density at radius 1 is 1.34 bits per heavy atom. The number of nitrogens with one attached hydrogen (secondary N) is 1. The number of nitrogens with zero attached hydrogens (tertiary/aromatic N) is 4. The Labute approximate surface area is 207 Å². The minimum atomic E-state index is -3.51. The van der Waals surface area contributed by atoms with Crippen molar-refractivity contribution in [3.63, 3.8) is 0 Å². The Balaban J connectivity index is 1.65. The molecule has 2 fully saturated rings. The summed E-state index contributed by atoms with van der Waals surface area (Å²) in [6.45, 7) is 11.4. The van der Waals surface area contributed by atoms with Crippen LogP contribution in [-0.4, -0.2) is 69.9 Å². The first kappa shape index (κ1) is 26.1. The van der Waals surface area contributed by atoms with Crippen molar-refractivity contribution in [2.75, 3.05) is 42.8 Å². The van der Waals surface area contributed by atoms with Gasteiger partial charge in [0.25, 0.3) is 0 Å². The molecule has 4 rings (SSSR count). The van der Waals surface area contributed by atoms with Crippen LogP contribution in [0.4, 0.5) is 21.8 Å². The number of hydrogen-bond acceptors (Lipinski definition) is 8. The lowest BCUT2D eigenvalue weighted by atomic mass is 10.1. The highest BCUT2D eigenvalue weighted by Gasteiger charge is 2.55. The number of sulfone groups is 1. The molecule has 194 valence electrons. The SMILES string of the molecule is CC1COCCN1c1cc(C2(S(C)(=O)=O)CC2)c(F)c(Nc2ccnn2COCC[Si](C)(C)C)n1. The Hall–Kier alpha value is -2.02. The summed E-state index contributed by atoms with van der Waals surface area (Å²) >= 11 is 0. The molecule has 1 aliphatic carbocycles. The number of anilines is 3. The van der Waals surface area contributed by atoms with Crippen LogP contribution in [0.2, 0.25) is 25.7 Å². The predicted molar refractivity (Wildman–Crippen MR) is 137 cm³/mol. The van der Waals surface area contributed by atoms with Gasteiger partial charge in [0.1, 0.15) is 23.1 Å². The lowest BCUT2D eigenvalue weighted by molar-refractivity contribution is 0.0801. The van der Waals surface area contributed by atoms with Gasteiger partial charge in [0.15, 0.2) is 21.5 Å². The van der Waals surface area contributed by atoms with Gasteiger partial charge in [0.2, 0.25) is 0 Å². The number of rotatable bonds is 10. The summed E-state index contributed by atoms with van der Waals surface area (Å²) in [4.78, 5) is 6.62.